The molecule has 0 atom stereocenters. The van der Waals surface area contributed by atoms with Crippen LogP contribution in [0.15, 0.2) is 0 Å². The van der Waals surface area contributed by atoms with Crippen molar-refractivity contribution in [3.05, 3.63) is 0 Å². The highest BCUT2D eigenvalue weighted by molar-refractivity contribution is 6.17. The highest BCUT2D eigenvalue weighted by Gasteiger charge is 2.06. The lowest BCUT2D eigenvalue weighted by Crippen LogP contribution is -2.17. The molecular formula is C15H27ClO2. The highest BCUT2D eigenvalue weighted by atomic mass is 35.5. The number of halogens is 1. The molecule has 106 valence electrons. The third-order valence-corrected chi connectivity index (χ3v) is 2.77. The van der Waals surface area contributed by atoms with Gasteiger partial charge < -0.3 is 9.47 Å². The average molecular weight is 275 g/mol. The summed E-state index contributed by atoms with van der Waals surface area (Å²) in [5.41, 5.74) is 0. The molecule has 3 heteroatoms. The standard InChI is InChI=1S/C15H27ClO2/c1-3-17-15(18-4-2)13-11-9-7-5-6-8-10-12-14-16/h15H,3-5,7,9-14H2,1-2H3. The normalized spacial score (nSPS) is 10.4. The predicted octanol–water partition coefficient (Wildman–Crippen LogP) is 4.36. The molecular weight excluding hydrogens is 248 g/mol. The summed E-state index contributed by atoms with van der Waals surface area (Å²) >= 11 is 5.57. The molecule has 0 amide bonds. The molecule has 2 nitrogen and oxygen atoms in total. The summed E-state index contributed by atoms with van der Waals surface area (Å²) in [5.74, 6) is 7.04. The molecule has 0 rings (SSSR count). The number of unbranched alkanes of at least 4 members (excludes halogenated alkanes) is 4. The molecule has 0 radical (unpaired) electrons. The molecule has 0 N–H and O–H groups in total. The lowest BCUT2D eigenvalue weighted by atomic mass is 10.1. The number of hydrogen-bond donors (Lipinski definition) is 0. The predicted molar refractivity (Wildman–Crippen MR) is 77.9 cm³/mol. The minimum absolute atomic E-state index is 0.0187. The van der Waals surface area contributed by atoms with Crippen molar-refractivity contribution >= 4 is 11.6 Å². The van der Waals surface area contributed by atoms with E-state index in [9.17, 15) is 0 Å². The fraction of sp³-hybridized carbons (Fsp3) is 0.867. The van der Waals surface area contributed by atoms with Gasteiger partial charge in [-0.1, -0.05) is 6.42 Å². The second kappa shape index (κ2) is 14.8. The number of rotatable bonds is 11. The van der Waals surface area contributed by atoms with Crippen molar-refractivity contribution in [2.24, 2.45) is 0 Å². The van der Waals surface area contributed by atoms with Crippen LogP contribution in [0, 0.1) is 11.8 Å². The zero-order chi connectivity index (χ0) is 13.5. The zero-order valence-corrected chi connectivity index (χ0v) is 12.6. The van der Waals surface area contributed by atoms with Gasteiger partial charge in [0.05, 0.1) is 0 Å². The first-order valence-corrected chi connectivity index (χ1v) is 7.63. The Hall–Kier alpha value is -0.230. The second-order valence-corrected chi connectivity index (χ2v) is 4.46. The Balaban J connectivity index is 3.38. The van der Waals surface area contributed by atoms with Gasteiger partial charge in [0.25, 0.3) is 0 Å². The maximum Gasteiger partial charge on any atom is 0.157 e. The number of ether oxygens (including phenoxy) is 2. The van der Waals surface area contributed by atoms with Crippen LogP contribution in [-0.4, -0.2) is 25.4 Å². The molecule has 0 aromatic carbocycles. The molecule has 0 aliphatic carbocycles. The SMILES string of the molecule is CCOC(CCCCCC#CCCCCl)OCC. The lowest BCUT2D eigenvalue weighted by Gasteiger charge is -2.16. The number of alkyl halides is 1. The van der Waals surface area contributed by atoms with E-state index < -0.39 is 0 Å². The maximum atomic E-state index is 5.57. The monoisotopic (exact) mass is 274 g/mol. The van der Waals surface area contributed by atoms with Crippen molar-refractivity contribution in [2.75, 3.05) is 19.1 Å². The summed E-state index contributed by atoms with van der Waals surface area (Å²) in [4.78, 5) is 0. The van der Waals surface area contributed by atoms with Gasteiger partial charge in [-0.15, -0.1) is 23.4 Å². The van der Waals surface area contributed by atoms with Gasteiger partial charge in [0.1, 0.15) is 0 Å². The van der Waals surface area contributed by atoms with E-state index in [0.717, 1.165) is 45.3 Å². The first-order valence-electron chi connectivity index (χ1n) is 7.10. The summed E-state index contributed by atoms with van der Waals surface area (Å²) in [6, 6.07) is 0. The first kappa shape index (κ1) is 17.8. The van der Waals surface area contributed by atoms with Crippen LogP contribution in [0.3, 0.4) is 0 Å². The molecule has 18 heavy (non-hydrogen) atoms. The lowest BCUT2D eigenvalue weighted by molar-refractivity contribution is -0.140. The van der Waals surface area contributed by atoms with E-state index >= 15 is 0 Å². The van der Waals surface area contributed by atoms with Crippen LogP contribution in [0.1, 0.15) is 58.8 Å². The molecule has 0 saturated heterocycles. The van der Waals surface area contributed by atoms with Crippen molar-refractivity contribution in [2.45, 2.75) is 65.1 Å². The Labute approximate surface area is 117 Å². The van der Waals surface area contributed by atoms with Gasteiger partial charge in [0.15, 0.2) is 6.29 Å². The van der Waals surface area contributed by atoms with Gasteiger partial charge in [-0.2, -0.15) is 0 Å². The van der Waals surface area contributed by atoms with Crippen LogP contribution < -0.4 is 0 Å². The van der Waals surface area contributed by atoms with Crippen LogP contribution in [0.5, 0.6) is 0 Å². The molecule has 0 aromatic heterocycles. The van der Waals surface area contributed by atoms with Gasteiger partial charge in [-0.05, 0) is 39.5 Å². The average Bonchev–Trinajstić information content (AvgIpc) is 2.37. The van der Waals surface area contributed by atoms with Crippen molar-refractivity contribution in [3.63, 3.8) is 0 Å². The Kier molecular flexibility index (Phi) is 14.6. The van der Waals surface area contributed by atoms with E-state index in [2.05, 4.69) is 11.8 Å². The van der Waals surface area contributed by atoms with Crippen LogP contribution in [0.25, 0.3) is 0 Å². The summed E-state index contributed by atoms with van der Waals surface area (Å²) in [5, 5.41) is 0. The molecule has 0 heterocycles. The van der Waals surface area contributed by atoms with E-state index in [0.29, 0.717) is 5.88 Å². The Morgan fingerprint density at radius 1 is 0.889 bits per heavy atom. The quantitative estimate of drug-likeness (QED) is 0.241. The Morgan fingerprint density at radius 2 is 1.50 bits per heavy atom. The minimum atomic E-state index is -0.0187. The van der Waals surface area contributed by atoms with Gasteiger partial charge in [0.2, 0.25) is 0 Å². The molecule has 0 aliphatic heterocycles. The molecule has 0 unspecified atom stereocenters. The van der Waals surface area contributed by atoms with Crippen molar-refractivity contribution < 1.29 is 9.47 Å². The van der Waals surface area contributed by atoms with E-state index in [1.165, 1.54) is 12.8 Å². The topological polar surface area (TPSA) is 18.5 Å². The fourth-order valence-electron chi connectivity index (χ4n) is 1.62. The van der Waals surface area contributed by atoms with Crippen LogP contribution in [-0.2, 0) is 9.47 Å². The van der Waals surface area contributed by atoms with Crippen molar-refractivity contribution in [1.29, 1.82) is 0 Å². The van der Waals surface area contributed by atoms with E-state index in [4.69, 9.17) is 21.1 Å². The minimum Gasteiger partial charge on any atom is -0.353 e. The summed E-state index contributed by atoms with van der Waals surface area (Å²) < 4.78 is 11.0. The summed E-state index contributed by atoms with van der Waals surface area (Å²) in [7, 11) is 0. The fourth-order valence-corrected chi connectivity index (χ4v) is 1.75. The van der Waals surface area contributed by atoms with Gasteiger partial charge >= 0.3 is 0 Å². The maximum absolute atomic E-state index is 5.57. The molecule has 0 spiro atoms. The Bertz CT molecular complexity index is 214. The second-order valence-electron chi connectivity index (χ2n) is 4.09. The van der Waals surface area contributed by atoms with Crippen LogP contribution in [0.2, 0.25) is 0 Å². The van der Waals surface area contributed by atoms with E-state index in [-0.39, 0.29) is 6.29 Å². The molecule has 0 fully saturated rings. The third-order valence-electron chi connectivity index (χ3n) is 2.51. The van der Waals surface area contributed by atoms with Gasteiger partial charge in [-0.25, -0.2) is 0 Å². The smallest absolute Gasteiger partial charge is 0.157 e. The molecule has 0 bridgehead atoms. The summed E-state index contributed by atoms with van der Waals surface area (Å²) in [6.07, 6.45) is 7.40. The van der Waals surface area contributed by atoms with Gasteiger partial charge in [-0.3, -0.25) is 0 Å². The first-order chi connectivity index (χ1) is 8.85. The molecule has 0 aliphatic rings. The van der Waals surface area contributed by atoms with Crippen molar-refractivity contribution in [1.82, 2.24) is 0 Å². The van der Waals surface area contributed by atoms with Gasteiger partial charge in [0, 0.05) is 31.9 Å². The molecule has 0 aromatic rings. The highest BCUT2D eigenvalue weighted by Crippen LogP contribution is 2.09. The van der Waals surface area contributed by atoms with Crippen molar-refractivity contribution in [3.8, 4) is 11.8 Å². The zero-order valence-electron chi connectivity index (χ0n) is 11.8. The number of hydrogen-bond acceptors (Lipinski definition) is 2. The largest absolute Gasteiger partial charge is 0.353 e. The van der Waals surface area contributed by atoms with Crippen LogP contribution >= 0.6 is 11.6 Å². The third kappa shape index (κ3) is 12.2. The Morgan fingerprint density at radius 3 is 2.06 bits per heavy atom. The summed E-state index contributed by atoms with van der Waals surface area (Å²) in [6.45, 7) is 5.44. The van der Waals surface area contributed by atoms with Crippen LogP contribution in [0.4, 0.5) is 0 Å². The van der Waals surface area contributed by atoms with E-state index in [1.807, 2.05) is 13.8 Å². The molecule has 0 saturated carbocycles. The van der Waals surface area contributed by atoms with E-state index in [1.54, 1.807) is 0 Å².